The van der Waals surface area contributed by atoms with Gasteiger partial charge in [0.1, 0.15) is 5.75 Å². The van der Waals surface area contributed by atoms with Crippen LogP contribution in [0.5, 0.6) is 5.75 Å². The summed E-state index contributed by atoms with van der Waals surface area (Å²) in [5.41, 5.74) is 0.265. The highest BCUT2D eigenvalue weighted by Crippen LogP contribution is 2.29. The predicted molar refractivity (Wildman–Crippen MR) is 108 cm³/mol. The van der Waals surface area contributed by atoms with Crippen molar-refractivity contribution < 1.29 is 24.0 Å². The minimum absolute atomic E-state index is 0.0000231. The second kappa shape index (κ2) is 8.57. The Hall–Kier alpha value is -3.65. The highest BCUT2D eigenvalue weighted by molar-refractivity contribution is 6.34. The highest BCUT2D eigenvalue weighted by Gasteiger charge is 2.16. The van der Waals surface area contributed by atoms with E-state index in [-0.39, 0.29) is 16.4 Å². The summed E-state index contributed by atoms with van der Waals surface area (Å²) >= 11 is 5.93. The molecule has 0 heterocycles. The molecule has 0 spiro atoms. The average Bonchev–Trinajstić information content (AvgIpc) is 2.72. The third-order valence-electron chi connectivity index (χ3n) is 4.10. The summed E-state index contributed by atoms with van der Waals surface area (Å²) in [5.74, 6) is -0.691. The summed E-state index contributed by atoms with van der Waals surface area (Å²) in [5, 5.41) is 14.6. The molecular formula is C20H15ClN2O6. The molecule has 0 fully saturated rings. The van der Waals surface area contributed by atoms with Crippen molar-refractivity contribution >= 4 is 45.6 Å². The van der Waals surface area contributed by atoms with Gasteiger partial charge in [-0.25, -0.2) is 4.79 Å². The van der Waals surface area contributed by atoms with Crippen molar-refractivity contribution in [1.82, 2.24) is 0 Å². The Morgan fingerprint density at radius 2 is 1.83 bits per heavy atom. The number of methoxy groups -OCH3 is 1. The zero-order chi connectivity index (χ0) is 21.0. The molecule has 3 aromatic rings. The maximum atomic E-state index is 12.5. The lowest BCUT2D eigenvalue weighted by Gasteiger charge is -2.11. The molecule has 0 aliphatic heterocycles. The van der Waals surface area contributed by atoms with Crippen LogP contribution in [0.15, 0.2) is 54.6 Å². The zero-order valence-corrected chi connectivity index (χ0v) is 15.9. The fraction of sp³-hybridized carbons (Fsp3) is 0.100. The second-order valence-electron chi connectivity index (χ2n) is 5.91. The van der Waals surface area contributed by atoms with Gasteiger partial charge in [0, 0.05) is 17.5 Å². The number of hydrogen-bond donors (Lipinski definition) is 1. The van der Waals surface area contributed by atoms with Gasteiger partial charge in [-0.2, -0.15) is 0 Å². The number of non-ortho nitro benzene ring substituents is 1. The van der Waals surface area contributed by atoms with Crippen LogP contribution in [0.2, 0.25) is 5.02 Å². The highest BCUT2D eigenvalue weighted by atomic mass is 35.5. The first-order chi connectivity index (χ1) is 13.9. The molecule has 0 saturated heterocycles. The molecule has 1 amide bonds. The van der Waals surface area contributed by atoms with Crippen LogP contribution in [0.1, 0.15) is 10.4 Å². The van der Waals surface area contributed by atoms with Gasteiger partial charge in [0.2, 0.25) is 0 Å². The Labute approximate surface area is 170 Å². The molecule has 0 saturated carbocycles. The average molecular weight is 415 g/mol. The van der Waals surface area contributed by atoms with Gasteiger partial charge < -0.3 is 14.8 Å². The zero-order valence-electron chi connectivity index (χ0n) is 15.2. The van der Waals surface area contributed by atoms with Crippen molar-refractivity contribution in [2.45, 2.75) is 0 Å². The maximum Gasteiger partial charge on any atom is 0.339 e. The molecule has 0 aliphatic rings. The standard InChI is InChI=1S/C20H15ClN2O6/c1-28-18-9-7-15(13-4-2-3-5-14(13)18)20(25)29-11-19(24)22-17-8-6-12(23(26)27)10-16(17)21/h2-10H,11H2,1H3,(H,22,24). The molecule has 29 heavy (non-hydrogen) atoms. The molecule has 8 nitrogen and oxygen atoms in total. The molecular weight excluding hydrogens is 400 g/mol. The van der Waals surface area contributed by atoms with E-state index in [1.807, 2.05) is 12.1 Å². The number of fused-ring (bicyclic) bond motifs is 1. The molecule has 9 heteroatoms. The third kappa shape index (κ3) is 4.44. The minimum atomic E-state index is -0.672. The largest absolute Gasteiger partial charge is 0.496 e. The summed E-state index contributed by atoms with van der Waals surface area (Å²) in [4.78, 5) is 34.7. The van der Waals surface area contributed by atoms with Crippen LogP contribution in [-0.4, -0.2) is 30.5 Å². The number of esters is 1. The Kier molecular flexibility index (Phi) is 5.94. The number of anilines is 1. The van der Waals surface area contributed by atoms with Crippen molar-refractivity contribution in [3.05, 3.63) is 75.3 Å². The van der Waals surface area contributed by atoms with Gasteiger partial charge in [-0.05, 0) is 23.6 Å². The van der Waals surface area contributed by atoms with Crippen molar-refractivity contribution in [2.24, 2.45) is 0 Å². The summed E-state index contributed by atoms with van der Waals surface area (Å²) in [6.45, 7) is -0.549. The second-order valence-corrected chi connectivity index (χ2v) is 6.31. The molecule has 0 unspecified atom stereocenters. The number of amides is 1. The van der Waals surface area contributed by atoms with Crippen LogP contribution in [0.4, 0.5) is 11.4 Å². The maximum absolute atomic E-state index is 12.5. The van der Waals surface area contributed by atoms with E-state index in [1.165, 1.54) is 19.2 Å². The van der Waals surface area contributed by atoms with Gasteiger partial charge in [0.25, 0.3) is 11.6 Å². The van der Waals surface area contributed by atoms with Gasteiger partial charge in [-0.1, -0.05) is 35.9 Å². The van der Waals surface area contributed by atoms with E-state index in [0.29, 0.717) is 16.7 Å². The van der Waals surface area contributed by atoms with Gasteiger partial charge in [0.15, 0.2) is 6.61 Å². The molecule has 3 rings (SSSR count). The van der Waals surface area contributed by atoms with Crippen LogP contribution in [0, 0.1) is 10.1 Å². The van der Waals surface area contributed by atoms with E-state index in [0.717, 1.165) is 11.5 Å². The Bertz CT molecular complexity index is 1120. The fourth-order valence-corrected chi connectivity index (χ4v) is 2.96. The predicted octanol–water partition coefficient (Wildman–Crippen LogP) is 4.21. The Morgan fingerprint density at radius 3 is 2.48 bits per heavy atom. The number of benzene rings is 3. The number of halogens is 1. The SMILES string of the molecule is COc1ccc(C(=O)OCC(=O)Nc2ccc([N+](=O)[O-])cc2Cl)c2ccccc12. The first-order valence-corrected chi connectivity index (χ1v) is 8.75. The summed E-state index contributed by atoms with van der Waals surface area (Å²) in [6, 6.07) is 14.0. The van der Waals surface area contributed by atoms with Gasteiger partial charge in [0.05, 0.1) is 28.3 Å². The summed E-state index contributed by atoms with van der Waals surface area (Å²) in [7, 11) is 1.54. The molecule has 0 radical (unpaired) electrons. The summed E-state index contributed by atoms with van der Waals surface area (Å²) in [6.07, 6.45) is 0. The van der Waals surface area contributed by atoms with E-state index in [9.17, 15) is 19.7 Å². The van der Waals surface area contributed by atoms with E-state index in [4.69, 9.17) is 21.1 Å². The first kappa shape index (κ1) is 20.1. The van der Waals surface area contributed by atoms with Crippen LogP contribution in [0.25, 0.3) is 10.8 Å². The van der Waals surface area contributed by atoms with E-state index >= 15 is 0 Å². The van der Waals surface area contributed by atoms with Crippen LogP contribution < -0.4 is 10.1 Å². The molecule has 0 aromatic heterocycles. The van der Waals surface area contributed by atoms with Crippen molar-refractivity contribution in [3.8, 4) is 5.75 Å². The van der Waals surface area contributed by atoms with Crippen LogP contribution in [0.3, 0.4) is 0 Å². The molecule has 148 valence electrons. The summed E-state index contributed by atoms with van der Waals surface area (Å²) < 4.78 is 10.4. The molecule has 3 aromatic carbocycles. The van der Waals surface area contributed by atoms with Gasteiger partial charge in [-0.15, -0.1) is 0 Å². The molecule has 0 bridgehead atoms. The lowest BCUT2D eigenvalue weighted by molar-refractivity contribution is -0.384. The smallest absolute Gasteiger partial charge is 0.339 e. The topological polar surface area (TPSA) is 108 Å². The number of nitro groups is 1. The van der Waals surface area contributed by atoms with Gasteiger partial charge in [-0.3, -0.25) is 14.9 Å². The molecule has 1 N–H and O–H groups in total. The number of ether oxygens (including phenoxy) is 2. The Balaban J connectivity index is 1.69. The number of nitrogens with zero attached hydrogens (tertiary/aromatic N) is 1. The molecule has 0 atom stereocenters. The number of nitro benzene ring substituents is 1. The lowest BCUT2D eigenvalue weighted by atomic mass is 10.0. The van der Waals surface area contributed by atoms with E-state index in [2.05, 4.69) is 5.32 Å². The monoisotopic (exact) mass is 414 g/mol. The first-order valence-electron chi connectivity index (χ1n) is 8.37. The van der Waals surface area contributed by atoms with Crippen LogP contribution >= 0.6 is 11.6 Å². The number of carbonyl (C=O) groups excluding carboxylic acids is 2. The fourth-order valence-electron chi connectivity index (χ4n) is 2.74. The lowest BCUT2D eigenvalue weighted by Crippen LogP contribution is -2.21. The van der Waals surface area contributed by atoms with Gasteiger partial charge >= 0.3 is 5.97 Å². The quantitative estimate of drug-likeness (QED) is 0.368. The number of carbonyl (C=O) groups is 2. The molecule has 0 aliphatic carbocycles. The minimum Gasteiger partial charge on any atom is -0.496 e. The van der Waals surface area contributed by atoms with Crippen LogP contribution in [-0.2, 0) is 9.53 Å². The van der Waals surface area contributed by atoms with E-state index < -0.39 is 23.4 Å². The van der Waals surface area contributed by atoms with Crippen molar-refractivity contribution in [1.29, 1.82) is 0 Å². The Morgan fingerprint density at radius 1 is 1.10 bits per heavy atom. The van der Waals surface area contributed by atoms with E-state index in [1.54, 1.807) is 24.3 Å². The third-order valence-corrected chi connectivity index (χ3v) is 4.41. The normalized spacial score (nSPS) is 10.4. The van der Waals surface area contributed by atoms with Crippen molar-refractivity contribution in [3.63, 3.8) is 0 Å². The number of rotatable bonds is 6. The van der Waals surface area contributed by atoms with Crippen molar-refractivity contribution in [2.75, 3.05) is 19.0 Å². The number of hydrogen-bond acceptors (Lipinski definition) is 6. The number of nitrogens with one attached hydrogen (secondary N) is 1.